The number of hydrogen-bond donors (Lipinski definition) is 0. The van der Waals surface area contributed by atoms with E-state index in [2.05, 4.69) is 32.6 Å². The fourth-order valence-corrected chi connectivity index (χ4v) is 3.40. The van der Waals surface area contributed by atoms with Gasteiger partial charge < -0.3 is 4.90 Å². The zero-order chi connectivity index (χ0) is 10.3. The Morgan fingerprint density at radius 3 is 2.50 bits per heavy atom. The van der Waals surface area contributed by atoms with E-state index in [1.54, 1.807) is 0 Å². The monoisotopic (exact) mass is 195 g/mol. The van der Waals surface area contributed by atoms with Crippen molar-refractivity contribution < 1.29 is 0 Å². The van der Waals surface area contributed by atoms with Gasteiger partial charge in [-0.25, -0.2) is 0 Å². The molecular weight excluding hydrogens is 170 g/mol. The van der Waals surface area contributed by atoms with E-state index in [0.717, 1.165) is 23.3 Å². The number of hydrogen-bond acceptors (Lipinski definition) is 1. The molecule has 1 nitrogen and oxygen atoms in total. The average molecular weight is 195 g/mol. The summed E-state index contributed by atoms with van der Waals surface area (Å²) in [6.07, 6.45) is 4.42. The summed E-state index contributed by atoms with van der Waals surface area (Å²) in [5, 5.41) is 0. The smallest absolute Gasteiger partial charge is 0.00387 e. The van der Waals surface area contributed by atoms with Crippen LogP contribution in [0.25, 0.3) is 0 Å². The van der Waals surface area contributed by atoms with Crippen LogP contribution >= 0.6 is 0 Å². The Morgan fingerprint density at radius 1 is 1.21 bits per heavy atom. The van der Waals surface area contributed by atoms with Crippen molar-refractivity contribution in [1.82, 2.24) is 4.90 Å². The predicted octanol–water partition coefficient (Wildman–Crippen LogP) is 3.15. The molecule has 2 aliphatic rings. The maximum atomic E-state index is 2.68. The summed E-state index contributed by atoms with van der Waals surface area (Å²) < 4.78 is 0. The van der Waals surface area contributed by atoms with Crippen LogP contribution < -0.4 is 0 Å². The highest BCUT2D eigenvalue weighted by molar-refractivity contribution is 5.06. The van der Waals surface area contributed by atoms with Gasteiger partial charge in [-0.15, -0.1) is 0 Å². The molecule has 1 saturated carbocycles. The lowest BCUT2D eigenvalue weighted by Crippen LogP contribution is -2.33. The van der Waals surface area contributed by atoms with Gasteiger partial charge in [-0.05, 0) is 56.9 Å². The van der Waals surface area contributed by atoms with E-state index >= 15 is 0 Å². The molecule has 0 amide bonds. The van der Waals surface area contributed by atoms with Gasteiger partial charge in [0.15, 0.2) is 0 Å². The first kappa shape index (κ1) is 10.5. The van der Waals surface area contributed by atoms with E-state index < -0.39 is 0 Å². The molecule has 14 heavy (non-hydrogen) atoms. The molecule has 0 aromatic heterocycles. The van der Waals surface area contributed by atoms with E-state index in [9.17, 15) is 0 Å². The van der Waals surface area contributed by atoms with E-state index in [-0.39, 0.29) is 0 Å². The standard InChI is InChI=1S/C13H25N/c1-10(2)13-6-5-7-14(11(3)4)9-12(13)8-13/h10-12H,5-9H2,1-4H3. The van der Waals surface area contributed by atoms with Crippen LogP contribution in [0.15, 0.2) is 0 Å². The lowest BCUT2D eigenvalue weighted by Gasteiger charge is -2.24. The van der Waals surface area contributed by atoms with Crippen LogP contribution in [0.5, 0.6) is 0 Å². The van der Waals surface area contributed by atoms with Crippen molar-refractivity contribution in [1.29, 1.82) is 0 Å². The van der Waals surface area contributed by atoms with Crippen molar-refractivity contribution in [2.45, 2.75) is 53.0 Å². The number of likely N-dealkylation sites (tertiary alicyclic amines) is 1. The van der Waals surface area contributed by atoms with Gasteiger partial charge in [0, 0.05) is 12.6 Å². The number of rotatable bonds is 2. The van der Waals surface area contributed by atoms with Gasteiger partial charge in [0.25, 0.3) is 0 Å². The Hall–Kier alpha value is -0.0400. The average Bonchev–Trinajstić information content (AvgIpc) is 2.74. The Kier molecular flexibility index (Phi) is 2.63. The van der Waals surface area contributed by atoms with Crippen LogP contribution in [0, 0.1) is 17.3 Å². The van der Waals surface area contributed by atoms with Crippen LogP contribution in [0.2, 0.25) is 0 Å². The molecule has 1 aliphatic carbocycles. The maximum absolute atomic E-state index is 2.68. The highest BCUT2D eigenvalue weighted by Gasteiger charge is 2.56. The molecule has 82 valence electrons. The third-order valence-electron chi connectivity index (χ3n) is 4.70. The molecule has 0 aromatic carbocycles. The van der Waals surface area contributed by atoms with Gasteiger partial charge >= 0.3 is 0 Å². The summed E-state index contributed by atoms with van der Waals surface area (Å²) in [5.41, 5.74) is 0.754. The molecule has 0 spiro atoms. The summed E-state index contributed by atoms with van der Waals surface area (Å²) in [7, 11) is 0. The summed E-state index contributed by atoms with van der Waals surface area (Å²) >= 11 is 0. The van der Waals surface area contributed by atoms with Crippen molar-refractivity contribution in [3.05, 3.63) is 0 Å². The fraction of sp³-hybridized carbons (Fsp3) is 1.00. The van der Waals surface area contributed by atoms with Gasteiger partial charge in [0.05, 0.1) is 0 Å². The molecule has 0 aromatic rings. The van der Waals surface area contributed by atoms with E-state index in [4.69, 9.17) is 0 Å². The van der Waals surface area contributed by atoms with Crippen LogP contribution in [0.1, 0.15) is 47.0 Å². The largest absolute Gasteiger partial charge is 0.301 e. The quantitative estimate of drug-likeness (QED) is 0.654. The molecule has 0 N–H and O–H groups in total. The molecule has 0 bridgehead atoms. The Morgan fingerprint density at radius 2 is 1.93 bits per heavy atom. The Bertz CT molecular complexity index is 209. The van der Waals surface area contributed by atoms with Crippen molar-refractivity contribution >= 4 is 0 Å². The molecule has 1 heterocycles. The minimum Gasteiger partial charge on any atom is -0.301 e. The molecule has 2 atom stereocenters. The zero-order valence-electron chi connectivity index (χ0n) is 10.2. The SMILES string of the molecule is CC(C)N1CCCC2(C(C)C)CC2C1. The highest BCUT2D eigenvalue weighted by Crippen LogP contribution is 2.62. The van der Waals surface area contributed by atoms with E-state index in [1.807, 2.05) is 0 Å². The van der Waals surface area contributed by atoms with Gasteiger partial charge in [0.1, 0.15) is 0 Å². The second-order valence-electron chi connectivity index (χ2n) is 5.98. The third kappa shape index (κ3) is 1.60. The van der Waals surface area contributed by atoms with Gasteiger partial charge in [0.2, 0.25) is 0 Å². The summed E-state index contributed by atoms with van der Waals surface area (Å²) in [4.78, 5) is 2.68. The van der Waals surface area contributed by atoms with Crippen molar-refractivity contribution in [2.24, 2.45) is 17.3 Å². The molecule has 1 aliphatic heterocycles. The summed E-state index contributed by atoms with van der Waals surface area (Å²) in [6.45, 7) is 12.2. The van der Waals surface area contributed by atoms with Crippen molar-refractivity contribution in [2.75, 3.05) is 13.1 Å². The molecule has 2 unspecified atom stereocenters. The Balaban J connectivity index is 2.00. The number of fused-ring (bicyclic) bond motifs is 1. The van der Waals surface area contributed by atoms with E-state index in [0.29, 0.717) is 0 Å². The van der Waals surface area contributed by atoms with Gasteiger partial charge in [-0.1, -0.05) is 13.8 Å². The molecule has 2 rings (SSSR count). The fourth-order valence-electron chi connectivity index (χ4n) is 3.40. The summed E-state index contributed by atoms with van der Waals surface area (Å²) in [5.74, 6) is 1.92. The zero-order valence-corrected chi connectivity index (χ0v) is 10.2. The van der Waals surface area contributed by atoms with Gasteiger partial charge in [-0.2, -0.15) is 0 Å². The van der Waals surface area contributed by atoms with Crippen LogP contribution in [-0.2, 0) is 0 Å². The molecule has 2 fully saturated rings. The number of nitrogens with zero attached hydrogens (tertiary/aromatic N) is 1. The van der Waals surface area contributed by atoms with Gasteiger partial charge in [-0.3, -0.25) is 0 Å². The summed E-state index contributed by atoms with van der Waals surface area (Å²) in [6, 6.07) is 0.749. The first-order chi connectivity index (χ1) is 6.56. The van der Waals surface area contributed by atoms with E-state index in [1.165, 1.54) is 32.4 Å². The topological polar surface area (TPSA) is 3.24 Å². The lowest BCUT2D eigenvalue weighted by molar-refractivity contribution is 0.217. The normalized spacial score (nSPS) is 38.6. The first-order valence-electron chi connectivity index (χ1n) is 6.30. The van der Waals surface area contributed by atoms with Crippen LogP contribution in [0.3, 0.4) is 0 Å². The molecule has 1 heteroatoms. The molecular formula is C13H25N. The second kappa shape index (κ2) is 3.52. The molecule has 0 radical (unpaired) electrons. The van der Waals surface area contributed by atoms with Crippen LogP contribution in [0.4, 0.5) is 0 Å². The third-order valence-corrected chi connectivity index (χ3v) is 4.70. The lowest BCUT2D eigenvalue weighted by atomic mass is 9.86. The van der Waals surface area contributed by atoms with Crippen molar-refractivity contribution in [3.63, 3.8) is 0 Å². The van der Waals surface area contributed by atoms with Crippen LogP contribution in [-0.4, -0.2) is 24.0 Å². The second-order valence-corrected chi connectivity index (χ2v) is 5.98. The first-order valence-corrected chi connectivity index (χ1v) is 6.30. The Labute approximate surface area is 88.9 Å². The predicted molar refractivity (Wildman–Crippen MR) is 61.3 cm³/mol. The maximum Gasteiger partial charge on any atom is 0.00387 e. The minimum atomic E-state index is 0.749. The van der Waals surface area contributed by atoms with Crippen molar-refractivity contribution in [3.8, 4) is 0 Å². The highest BCUT2D eigenvalue weighted by atomic mass is 15.2. The molecule has 1 saturated heterocycles. The minimum absolute atomic E-state index is 0.749.